The Bertz CT molecular complexity index is 1210. The Labute approximate surface area is 188 Å². The van der Waals surface area contributed by atoms with E-state index in [2.05, 4.69) is 31.2 Å². The summed E-state index contributed by atoms with van der Waals surface area (Å²) in [5.41, 5.74) is 5.50. The van der Waals surface area contributed by atoms with E-state index in [0.29, 0.717) is 24.3 Å². The third-order valence-corrected chi connectivity index (χ3v) is 5.54. The number of ether oxygens (including phenoxy) is 1. The summed E-state index contributed by atoms with van der Waals surface area (Å²) in [6.07, 6.45) is 1.85. The second kappa shape index (κ2) is 9.52. The third-order valence-electron chi connectivity index (χ3n) is 5.54. The van der Waals surface area contributed by atoms with Crippen LogP contribution in [0, 0.1) is 6.92 Å². The molecule has 0 saturated heterocycles. The topological polar surface area (TPSA) is 47.4 Å². The van der Waals surface area contributed by atoms with Crippen LogP contribution in [-0.4, -0.2) is 34.7 Å². The first-order valence-electron chi connectivity index (χ1n) is 10.6. The highest BCUT2D eigenvalue weighted by molar-refractivity contribution is 5.99. The van der Waals surface area contributed by atoms with Gasteiger partial charge in [-0.15, -0.1) is 0 Å². The van der Waals surface area contributed by atoms with Crippen LogP contribution in [0.5, 0.6) is 5.75 Å². The van der Waals surface area contributed by atoms with Crippen LogP contribution in [0.1, 0.15) is 27.0 Å². The smallest absolute Gasteiger partial charge is 0.257 e. The number of amides is 1. The fourth-order valence-corrected chi connectivity index (χ4v) is 3.73. The average Bonchev–Trinajstić information content (AvgIpc) is 3.24. The Morgan fingerprint density at radius 1 is 1.00 bits per heavy atom. The molecule has 5 nitrogen and oxygen atoms in total. The monoisotopic (exact) mass is 425 g/mol. The predicted octanol–water partition coefficient (Wildman–Crippen LogP) is 5.19. The summed E-state index contributed by atoms with van der Waals surface area (Å²) in [6.45, 7) is 3.19. The summed E-state index contributed by atoms with van der Waals surface area (Å²) < 4.78 is 7.22. The first kappa shape index (κ1) is 21.4. The van der Waals surface area contributed by atoms with Gasteiger partial charge in [0.1, 0.15) is 11.4 Å². The molecule has 0 unspecified atom stereocenters. The number of carbonyl (C=O) groups is 1. The first-order valence-corrected chi connectivity index (χ1v) is 10.6. The van der Waals surface area contributed by atoms with Gasteiger partial charge in [0.2, 0.25) is 0 Å². The molecule has 1 amide bonds. The van der Waals surface area contributed by atoms with Gasteiger partial charge < -0.3 is 9.64 Å². The molecule has 0 spiro atoms. The van der Waals surface area contributed by atoms with Gasteiger partial charge in [0, 0.05) is 25.4 Å². The summed E-state index contributed by atoms with van der Waals surface area (Å²) in [7, 11) is 3.47. The molecule has 0 aliphatic rings. The molecule has 3 aromatic carbocycles. The maximum absolute atomic E-state index is 13.5. The van der Waals surface area contributed by atoms with Gasteiger partial charge in [-0.2, -0.15) is 5.10 Å². The Balaban J connectivity index is 1.69. The number of hydrogen-bond acceptors (Lipinski definition) is 3. The summed E-state index contributed by atoms with van der Waals surface area (Å²) in [5, 5.41) is 4.79. The van der Waals surface area contributed by atoms with Crippen molar-refractivity contribution in [3.05, 3.63) is 107 Å². The lowest BCUT2D eigenvalue weighted by Gasteiger charge is -2.18. The van der Waals surface area contributed by atoms with Crippen molar-refractivity contribution in [2.75, 3.05) is 14.2 Å². The normalized spacial score (nSPS) is 10.7. The van der Waals surface area contributed by atoms with Crippen molar-refractivity contribution < 1.29 is 9.53 Å². The molecular formula is C27H27N3O2. The minimum atomic E-state index is -0.0645. The van der Waals surface area contributed by atoms with Crippen molar-refractivity contribution >= 4 is 5.91 Å². The van der Waals surface area contributed by atoms with E-state index < -0.39 is 0 Å². The Kier molecular flexibility index (Phi) is 6.36. The number of carbonyl (C=O) groups excluding carboxylic acids is 1. The van der Waals surface area contributed by atoms with Gasteiger partial charge >= 0.3 is 0 Å². The van der Waals surface area contributed by atoms with Crippen molar-refractivity contribution in [3.63, 3.8) is 0 Å². The zero-order valence-electron chi connectivity index (χ0n) is 18.7. The Morgan fingerprint density at radius 3 is 2.50 bits per heavy atom. The van der Waals surface area contributed by atoms with Crippen LogP contribution < -0.4 is 4.74 Å². The van der Waals surface area contributed by atoms with E-state index in [1.807, 2.05) is 72.5 Å². The zero-order chi connectivity index (χ0) is 22.5. The maximum Gasteiger partial charge on any atom is 0.257 e. The number of aryl methyl sites for hydroxylation is 1. The molecule has 0 aliphatic carbocycles. The quantitative estimate of drug-likeness (QED) is 0.409. The third kappa shape index (κ3) is 4.72. The lowest BCUT2D eigenvalue weighted by Crippen LogP contribution is -2.26. The van der Waals surface area contributed by atoms with Crippen LogP contribution in [0.4, 0.5) is 0 Å². The average molecular weight is 426 g/mol. The number of methoxy groups -OCH3 is 1. The van der Waals surface area contributed by atoms with Gasteiger partial charge in [0.15, 0.2) is 0 Å². The molecule has 0 bridgehead atoms. The zero-order valence-corrected chi connectivity index (χ0v) is 18.7. The molecule has 4 aromatic rings. The molecule has 0 saturated carbocycles. The van der Waals surface area contributed by atoms with Crippen molar-refractivity contribution in [2.45, 2.75) is 20.0 Å². The lowest BCUT2D eigenvalue weighted by atomic mass is 10.1. The first-order chi connectivity index (χ1) is 15.5. The van der Waals surface area contributed by atoms with E-state index in [1.165, 1.54) is 5.56 Å². The maximum atomic E-state index is 13.5. The minimum absolute atomic E-state index is 0.0645. The van der Waals surface area contributed by atoms with Crippen LogP contribution in [-0.2, 0) is 13.1 Å². The summed E-state index contributed by atoms with van der Waals surface area (Å²) >= 11 is 0. The van der Waals surface area contributed by atoms with Gasteiger partial charge in [-0.1, -0.05) is 66.7 Å². The van der Waals surface area contributed by atoms with Gasteiger partial charge in [-0.05, 0) is 35.7 Å². The van der Waals surface area contributed by atoms with Gasteiger partial charge in [0.25, 0.3) is 5.91 Å². The number of hydrogen-bond donors (Lipinski definition) is 0. The van der Waals surface area contributed by atoms with Crippen LogP contribution >= 0.6 is 0 Å². The highest BCUT2D eigenvalue weighted by Gasteiger charge is 2.22. The number of nitrogens with zero attached hydrogens (tertiary/aromatic N) is 3. The van der Waals surface area contributed by atoms with E-state index in [0.717, 1.165) is 22.4 Å². The van der Waals surface area contributed by atoms with Crippen molar-refractivity contribution in [1.82, 2.24) is 14.7 Å². The Hall–Kier alpha value is -3.86. The largest absolute Gasteiger partial charge is 0.497 e. The van der Waals surface area contributed by atoms with Crippen molar-refractivity contribution in [1.29, 1.82) is 0 Å². The minimum Gasteiger partial charge on any atom is -0.497 e. The molecular weight excluding hydrogens is 398 g/mol. The summed E-state index contributed by atoms with van der Waals surface area (Å²) in [5.74, 6) is 0.664. The molecule has 1 aromatic heterocycles. The molecule has 1 heterocycles. The Morgan fingerprint density at radius 2 is 1.75 bits per heavy atom. The van der Waals surface area contributed by atoms with Crippen molar-refractivity contribution in [3.8, 4) is 17.0 Å². The molecule has 0 radical (unpaired) electrons. The lowest BCUT2D eigenvalue weighted by molar-refractivity contribution is 0.0785. The summed E-state index contributed by atoms with van der Waals surface area (Å²) in [6, 6.07) is 25.9. The van der Waals surface area contributed by atoms with E-state index >= 15 is 0 Å². The predicted molar refractivity (Wildman–Crippen MR) is 127 cm³/mol. The SMILES string of the molecule is COc1cccc(-c2nn(Cc3ccccc3)cc2C(=O)N(C)Cc2ccccc2C)c1. The molecule has 0 aliphatic heterocycles. The molecule has 32 heavy (non-hydrogen) atoms. The highest BCUT2D eigenvalue weighted by Crippen LogP contribution is 2.27. The number of rotatable bonds is 7. The van der Waals surface area contributed by atoms with Crippen LogP contribution in [0.25, 0.3) is 11.3 Å². The number of aromatic nitrogens is 2. The van der Waals surface area contributed by atoms with Gasteiger partial charge in [-0.3, -0.25) is 9.48 Å². The fraction of sp³-hybridized carbons (Fsp3) is 0.185. The summed E-state index contributed by atoms with van der Waals surface area (Å²) in [4.78, 5) is 15.3. The molecule has 5 heteroatoms. The van der Waals surface area contributed by atoms with Crippen molar-refractivity contribution in [2.24, 2.45) is 0 Å². The standard InChI is InChI=1S/C27H27N3O2/c1-20-10-7-8-13-23(20)18-29(2)27(31)25-19-30(17-21-11-5-4-6-12-21)28-26(25)22-14-9-15-24(16-22)32-3/h4-16,19H,17-18H2,1-3H3. The molecule has 4 rings (SSSR count). The van der Waals surface area contributed by atoms with Crippen LogP contribution in [0.2, 0.25) is 0 Å². The van der Waals surface area contributed by atoms with E-state index in [1.54, 1.807) is 12.0 Å². The van der Waals surface area contributed by atoms with Crippen LogP contribution in [0.3, 0.4) is 0 Å². The highest BCUT2D eigenvalue weighted by atomic mass is 16.5. The van der Waals surface area contributed by atoms with Gasteiger partial charge in [-0.25, -0.2) is 0 Å². The fourth-order valence-electron chi connectivity index (χ4n) is 3.73. The molecule has 0 N–H and O–H groups in total. The van der Waals surface area contributed by atoms with E-state index in [9.17, 15) is 4.79 Å². The second-order valence-electron chi connectivity index (χ2n) is 7.89. The molecule has 0 atom stereocenters. The van der Waals surface area contributed by atoms with Crippen LogP contribution in [0.15, 0.2) is 85.1 Å². The molecule has 162 valence electrons. The van der Waals surface area contributed by atoms with Gasteiger partial charge in [0.05, 0.1) is 19.2 Å². The van der Waals surface area contributed by atoms with E-state index in [4.69, 9.17) is 9.84 Å². The number of benzene rings is 3. The van der Waals surface area contributed by atoms with E-state index in [-0.39, 0.29) is 5.91 Å². The second-order valence-corrected chi connectivity index (χ2v) is 7.89. The molecule has 0 fully saturated rings.